The quantitative estimate of drug-likeness (QED) is 0.647. The van der Waals surface area contributed by atoms with Gasteiger partial charge in [-0.05, 0) is 40.2 Å². The topological polar surface area (TPSA) is 68.0 Å². The second kappa shape index (κ2) is 5.54. The Morgan fingerprint density at radius 3 is 2.89 bits per heavy atom. The van der Waals surface area contributed by atoms with Gasteiger partial charge < -0.3 is 11.1 Å². The maximum absolute atomic E-state index is 13.1. The molecule has 0 fully saturated rings. The molecule has 19 heavy (non-hydrogen) atoms. The van der Waals surface area contributed by atoms with Gasteiger partial charge >= 0.3 is 0 Å². The van der Waals surface area contributed by atoms with Gasteiger partial charge in [-0.15, -0.1) is 0 Å². The highest BCUT2D eigenvalue weighted by atomic mass is 79.9. The zero-order valence-corrected chi connectivity index (χ0v) is 11.8. The Bertz CT molecular complexity index is 651. The van der Waals surface area contributed by atoms with Crippen LogP contribution >= 0.6 is 27.5 Å². The summed E-state index contributed by atoms with van der Waals surface area (Å²) in [5.41, 5.74) is 6.15. The molecule has 2 rings (SSSR count). The zero-order chi connectivity index (χ0) is 14.0. The second-order valence-electron chi connectivity index (χ2n) is 3.68. The fourth-order valence-electron chi connectivity index (χ4n) is 1.43. The van der Waals surface area contributed by atoms with E-state index < -0.39 is 11.7 Å². The summed E-state index contributed by atoms with van der Waals surface area (Å²) in [6, 6.07) is 5.15. The van der Waals surface area contributed by atoms with Crippen molar-refractivity contribution in [3.63, 3.8) is 0 Å². The second-order valence-corrected chi connectivity index (χ2v) is 4.95. The standard InChI is InChI=1S/C12H8BrClFN3O/c13-6-3-10(11(14)17-5-6)18-12(19)8-4-7(15)1-2-9(8)16/h1-5H,16H2,(H,18,19). The lowest BCUT2D eigenvalue weighted by molar-refractivity contribution is 0.102. The van der Waals surface area contributed by atoms with Gasteiger partial charge in [0.2, 0.25) is 0 Å². The van der Waals surface area contributed by atoms with E-state index in [1.807, 2.05) is 0 Å². The van der Waals surface area contributed by atoms with Gasteiger partial charge in [-0.1, -0.05) is 11.6 Å². The highest BCUT2D eigenvalue weighted by Gasteiger charge is 2.13. The van der Waals surface area contributed by atoms with E-state index in [2.05, 4.69) is 26.2 Å². The first-order valence-corrected chi connectivity index (χ1v) is 6.32. The average molecular weight is 345 g/mol. The first-order valence-electron chi connectivity index (χ1n) is 5.15. The van der Waals surface area contributed by atoms with Crippen LogP contribution in [0.25, 0.3) is 0 Å². The number of hydrogen-bond acceptors (Lipinski definition) is 3. The Morgan fingerprint density at radius 2 is 2.16 bits per heavy atom. The van der Waals surface area contributed by atoms with E-state index in [-0.39, 0.29) is 16.4 Å². The summed E-state index contributed by atoms with van der Waals surface area (Å²) in [4.78, 5) is 15.9. The minimum absolute atomic E-state index is 0.0380. The molecule has 7 heteroatoms. The molecule has 98 valence electrons. The van der Waals surface area contributed by atoms with Crippen molar-refractivity contribution in [2.24, 2.45) is 0 Å². The van der Waals surface area contributed by atoms with E-state index in [1.165, 1.54) is 18.3 Å². The highest BCUT2D eigenvalue weighted by molar-refractivity contribution is 9.10. The normalized spacial score (nSPS) is 10.3. The van der Waals surface area contributed by atoms with E-state index in [9.17, 15) is 9.18 Å². The number of carbonyl (C=O) groups is 1. The van der Waals surface area contributed by atoms with Crippen LogP contribution in [-0.4, -0.2) is 10.9 Å². The van der Waals surface area contributed by atoms with Gasteiger partial charge in [0.05, 0.1) is 11.3 Å². The van der Waals surface area contributed by atoms with Crippen molar-refractivity contribution >= 4 is 44.8 Å². The number of anilines is 2. The molecule has 0 saturated heterocycles. The summed E-state index contributed by atoms with van der Waals surface area (Å²) in [6.45, 7) is 0. The minimum Gasteiger partial charge on any atom is -0.398 e. The first kappa shape index (κ1) is 13.8. The van der Waals surface area contributed by atoms with Crippen LogP contribution in [0.2, 0.25) is 5.15 Å². The summed E-state index contributed by atoms with van der Waals surface area (Å²) in [5, 5.41) is 2.66. The molecule has 4 nitrogen and oxygen atoms in total. The van der Waals surface area contributed by atoms with Crippen LogP contribution in [0.15, 0.2) is 34.9 Å². The summed E-state index contributed by atoms with van der Waals surface area (Å²) in [6.07, 6.45) is 1.49. The number of nitrogens with two attached hydrogens (primary N) is 1. The Morgan fingerprint density at radius 1 is 1.42 bits per heavy atom. The Balaban J connectivity index is 2.30. The Labute approximate surface area is 121 Å². The highest BCUT2D eigenvalue weighted by Crippen LogP contribution is 2.24. The van der Waals surface area contributed by atoms with E-state index >= 15 is 0 Å². The molecule has 0 radical (unpaired) electrons. The largest absolute Gasteiger partial charge is 0.398 e. The first-order chi connectivity index (χ1) is 8.97. The third kappa shape index (κ3) is 3.21. The molecular weight excluding hydrogens is 337 g/mol. The predicted octanol–water partition coefficient (Wildman–Crippen LogP) is 3.47. The van der Waals surface area contributed by atoms with Crippen LogP contribution in [-0.2, 0) is 0 Å². The van der Waals surface area contributed by atoms with Crippen LogP contribution in [0.3, 0.4) is 0 Å². The Kier molecular flexibility index (Phi) is 4.01. The van der Waals surface area contributed by atoms with Crippen molar-refractivity contribution in [3.05, 3.63) is 51.5 Å². The molecule has 0 atom stereocenters. The average Bonchev–Trinajstić information content (AvgIpc) is 2.36. The lowest BCUT2D eigenvalue weighted by atomic mass is 10.1. The van der Waals surface area contributed by atoms with Crippen molar-refractivity contribution in [3.8, 4) is 0 Å². The van der Waals surface area contributed by atoms with E-state index in [0.717, 1.165) is 6.07 Å². The number of amides is 1. The molecule has 0 aliphatic rings. The van der Waals surface area contributed by atoms with E-state index in [1.54, 1.807) is 6.07 Å². The monoisotopic (exact) mass is 343 g/mol. The number of hydrogen-bond donors (Lipinski definition) is 2. The molecule has 1 amide bonds. The molecule has 0 bridgehead atoms. The zero-order valence-electron chi connectivity index (χ0n) is 9.45. The van der Waals surface area contributed by atoms with Crippen LogP contribution in [0.1, 0.15) is 10.4 Å². The predicted molar refractivity (Wildman–Crippen MR) is 75.7 cm³/mol. The molecule has 0 unspecified atom stereocenters. The third-order valence-corrected chi connectivity index (χ3v) is 3.05. The number of carbonyl (C=O) groups excluding carboxylic acids is 1. The summed E-state index contributed by atoms with van der Waals surface area (Å²) in [5.74, 6) is -1.10. The number of nitrogens with one attached hydrogen (secondary N) is 1. The van der Waals surface area contributed by atoms with Gasteiger partial charge in [-0.3, -0.25) is 4.79 Å². The summed E-state index contributed by atoms with van der Waals surface area (Å²) in [7, 11) is 0. The SMILES string of the molecule is Nc1ccc(F)cc1C(=O)Nc1cc(Br)cnc1Cl. The van der Waals surface area contributed by atoms with Crippen molar-refractivity contribution in [1.29, 1.82) is 0 Å². The van der Waals surface area contributed by atoms with Gasteiger partial charge in [0.25, 0.3) is 5.91 Å². The van der Waals surface area contributed by atoms with Crippen LogP contribution < -0.4 is 11.1 Å². The van der Waals surface area contributed by atoms with E-state index in [0.29, 0.717) is 10.2 Å². The van der Waals surface area contributed by atoms with E-state index in [4.69, 9.17) is 17.3 Å². The van der Waals surface area contributed by atoms with Gasteiger partial charge in [0.1, 0.15) is 5.82 Å². The van der Waals surface area contributed by atoms with Crippen LogP contribution in [0, 0.1) is 5.82 Å². The van der Waals surface area contributed by atoms with Gasteiger partial charge in [-0.25, -0.2) is 9.37 Å². The molecule has 0 saturated carbocycles. The van der Waals surface area contributed by atoms with Crippen molar-refractivity contribution in [2.45, 2.75) is 0 Å². The van der Waals surface area contributed by atoms with Crippen LogP contribution in [0.5, 0.6) is 0 Å². The van der Waals surface area contributed by atoms with Gasteiger partial charge in [0, 0.05) is 16.4 Å². The fraction of sp³-hybridized carbons (Fsp3) is 0. The van der Waals surface area contributed by atoms with Crippen molar-refractivity contribution < 1.29 is 9.18 Å². The maximum Gasteiger partial charge on any atom is 0.257 e. The minimum atomic E-state index is -0.557. The van der Waals surface area contributed by atoms with Gasteiger partial charge in [-0.2, -0.15) is 0 Å². The van der Waals surface area contributed by atoms with Crippen molar-refractivity contribution in [1.82, 2.24) is 4.98 Å². The smallest absolute Gasteiger partial charge is 0.257 e. The number of benzene rings is 1. The molecule has 3 N–H and O–H groups in total. The molecule has 2 aromatic rings. The molecule has 0 aliphatic heterocycles. The van der Waals surface area contributed by atoms with Crippen molar-refractivity contribution in [2.75, 3.05) is 11.1 Å². The lowest BCUT2D eigenvalue weighted by Gasteiger charge is -2.09. The molecule has 0 aliphatic carbocycles. The maximum atomic E-state index is 13.1. The number of nitrogens with zero attached hydrogens (tertiary/aromatic N) is 1. The summed E-state index contributed by atoms with van der Waals surface area (Å²) < 4.78 is 13.8. The van der Waals surface area contributed by atoms with Gasteiger partial charge in [0.15, 0.2) is 5.15 Å². The summed E-state index contributed by atoms with van der Waals surface area (Å²) >= 11 is 9.06. The molecule has 0 spiro atoms. The lowest BCUT2D eigenvalue weighted by Crippen LogP contribution is -2.15. The number of aromatic nitrogens is 1. The number of nitrogen functional groups attached to an aromatic ring is 1. The third-order valence-electron chi connectivity index (χ3n) is 2.31. The van der Waals surface area contributed by atoms with Crippen LogP contribution in [0.4, 0.5) is 15.8 Å². The molecule has 1 heterocycles. The molecular formula is C12H8BrClFN3O. The number of halogens is 3. The Hall–Kier alpha value is -1.66. The fourth-order valence-corrected chi connectivity index (χ4v) is 1.91. The molecule has 1 aromatic carbocycles. The number of pyridine rings is 1. The number of rotatable bonds is 2. The molecule has 1 aromatic heterocycles.